The molecule has 2 rings (SSSR count). The van der Waals surface area contributed by atoms with Crippen molar-refractivity contribution in [3.05, 3.63) is 6.33 Å². The van der Waals surface area contributed by atoms with E-state index in [-0.39, 0.29) is 12.0 Å². The van der Waals surface area contributed by atoms with Crippen LogP contribution >= 0.6 is 11.8 Å². The third-order valence-electron chi connectivity index (χ3n) is 3.85. The van der Waals surface area contributed by atoms with Crippen molar-refractivity contribution < 1.29 is 9.90 Å². The van der Waals surface area contributed by atoms with Crippen LogP contribution in [-0.2, 0) is 4.79 Å². The Hall–Kier alpha value is -1.08. The summed E-state index contributed by atoms with van der Waals surface area (Å²) in [5.41, 5.74) is -0.754. The van der Waals surface area contributed by atoms with Gasteiger partial charge in [-0.3, -0.25) is 15.2 Å². The van der Waals surface area contributed by atoms with Gasteiger partial charge in [0.1, 0.15) is 11.9 Å². The van der Waals surface area contributed by atoms with Crippen LogP contribution < -0.4 is 5.32 Å². The zero-order chi connectivity index (χ0) is 14.6. The Labute approximate surface area is 123 Å². The Balaban J connectivity index is 1.95. The van der Waals surface area contributed by atoms with Gasteiger partial charge in [0.15, 0.2) is 5.16 Å². The summed E-state index contributed by atoms with van der Waals surface area (Å²) in [5.74, 6) is 0.325. The van der Waals surface area contributed by atoms with Crippen molar-refractivity contribution in [1.82, 2.24) is 20.5 Å². The van der Waals surface area contributed by atoms with E-state index >= 15 is 0 Å². The highest BCUT2D eigenvalue weighted by Gasteiger charge is 2.48. The lowest BCUT2D eigenvalue weighted by atomic mass is 9.84. The van der Waals surface area contributed by atoms with Crippen molar-refractivity contribution in [2.75, 3.05) is 5.75 Å². The maximum absolute atomic E-state index is 11.8. The molecule has 1 aromatic rings. The van der Waals surface area contributed by atoms with Gasteiger partial charge < -0.3 is 5.11 Å². The third-order valence-corrected chi connectivity index (χ3v) is 4.76. The van der Waals surface area contributed by atoms with Crippen molar-refractivity contribution in [2.24, 2.45) is 5.92 Å². The first-order valence-corrected chi connectivity index (χ1v) is 8.02. The number of aromatic nitrogens is 3. The van der Waals surface area contributed by atoms with E-state index in [1.54, 1.807) is 11.8 Å². The van der Waals surface area contributed by atoms with Gasteiger partial charge in [0.05, 0.1) is 0 Å². The Bertz CT molecular complexity index is 438. The smallest absolute Gasteiger partial charge is 0.324 e. The number of carboxylic acid groups (broad SMARTS) is 1. The largest absolute Gasteiger partial charge is 0.480 e. The molecule has 112 valence electrons. The van der Waals surface area contributed by atoms with Gasteiger partial charge in [-0.25, -0.2) is 4.98 Å². The first-order chi connectivity index (χ1) is 9.54. The first-order valence-electron chi connectivity index (χ1n) is 7.04. The molecule has 0 aliphatic heterocycles. The summed E-state index contributed by atoms with van der Waals surface area (Å²) < 4.78 is 0. The number of hydrogen-bond donors (Lipinski definition) is 3. The van der Waals surface area contributed by atoms with Gasteiger partial charge in [0.25, 0.3) is 0 Å². The van der Waals surface area contributed by atoms with Crippen LogP contribution in [0.3, 0.4) is 0 Å². The maximum atomic E-state index is 11.8. The molecule has 1 fully saturated rings. The van der Waals surface area contributed by atoms with Crippen molar-refractivity contribution in [3.8, 4) is 0 Å². The summed E-state index contributed by atoms with van der Waals surface area (Å²) in [6.07, 6.45) is 5.03. The summed E-state index contributed by atoms with van der Waals surface area (Å²) in [4.78, 5) is 15.8. The third kappa shape index (κ3) is 3.32. The molecule has 1 aliphatic carbocycles. The van der Waals surface area contributed by atoms with Gasteiger partial charge in [0, 0.05) is 11.8 Å². The van der Waals surface area contributed by atoms with Crippen molar-refractivity contribution in [3.63, 3.8) is 0 Å². The lowest BCUT2D eigenvalue weighted by Crippen LogP contribution is -2.57. The number of nitrogens with one attached hydrogen (secondary N) is 2. The van der Waals surface area contributed by atoms with Gasteiger partial charge in [-0.05, 0) is 39.0 Å². The molecule has 7 heteroatoms. The monoisotopic (exact) mass is 298 g/mol. The lowest BCUT2D eigenvalue weighted by Gasteiger charge is -2.34. The van der Waals surface area contributed by atoms with Crippen molar-refractivity contribution in [1.29, 1.82) is 0 Å². The van der Waals surface area contributed by atoms with Gasteiger partial charge in [-0.2, -0.15) is 5.10 Å². The number of hydrogen-bond acceptors (Lipinski definition) is 5. The topological polar surface area (TPSA) is 90.9 Å². The summed E-state index contributed by atoms with van der Waals surface area (Å²) in [5, 5.41) is 20.4. The van der Waals surface area contributed by atoms with Gasteiger partial charge >= 0.3 is 5.97 Å². The Morgan fingerprint density at radius 2 is 2.50 bits per heavy atom. The fourth-order valence-electron chi connectivity index (χ4n) is 3.08. The zero-order valence-corrected chi connectivity index (χ0v) is 12.7. The molecule has 0 spiro atoms. The minimum Gasteiger partial charge on any atom is -0.480 e. The number of carbonyl (C=O) groups is 1. The summed E-state index contributed by atoms with van der Waals surface area (Å²) in [6.45, 7) is 4.01. The summed E-state index contributed by atoms with van der Waals surface area (Å²) in [7, 11) is 0. The van der Waals surface area contributed by atoms with E-state index in [0.29, 0.717) is 0 Å². The Morgan fingerprint density at radius 1 is 1.70 bits per heavy atom. The average Bonchev–Trinajstić information content (AvgIpc) is 2.99. The molecule has 0 radical (unpaired) electrons. The lowest BCUT2D eigenvalue weighted by molar-refractivity contribution is -0.147. The van der Waals surface area contributed by atoms with E-state index in [1.807, 2.05) is 13.8 Å². The van der Waals surface area contributed by atoms with Gasteiger partial charge in [0.2, 0.25) is 0 Å². The van der Waals surface area contributed by atoms with Gasteiger partial charge in [-0.15, -0.1) is 0 Å². The number of rotatable bonds is 7. The zero-order valence-electron chi connectivity index (χ0n) is 11.9. The number of thioether (sulfide) groups is 1. The van der Waals surface area contributed by atoms with Crippen LogP contribution in [0.1, 0.15) is 39.5 Å². The molecule has 20 heavy (non-hydrogen) atoms. The number of aromatic amines is 1. The van der Waals surface area contributed by atoms with Crippen LogP contribution in [0, 0.1) is 5.92 Å². The summed E-state index contributed by atoms with van der Waals surface area (Å²) in [6, 6.07) is 0.175. The van der Waals surface area contributed by atoms with E-state index in [2.05, 4.69) is 20.5 Å². The maximum Gasteiger partial charge on any atom is 0.324 e. The molecule has 6 nitrogen and oxygen atoms in total. The van der Waals surface area contributed by atoms with Gasteiger partial charge in [-0.1, -0.05) is 18.2 Å². The Kier molecular flexibility index (Phi) is 5.04. The second-order valence-electron chi connectivity index (χ2n) is 5.59. The van der Waals surface area contributed by atoms with Crippen LogP contribution in [0.2, 0.25) is 0 Å². The highest BCUT2D eigenvalue weighted by molar-refractivity contribution is 7.99. The van der Waals surface area contributed by atoms with Crippen LogP contribution in [0.5, 0.6) is 0 Å². The van der Waals surface area contributed by atoms with Crippen LogP contribution in [0.15, 0.2) is 11.5 Å². The normalized spacial score (nSPS) is 26.2. The molecule has 0 bridgehead atoms. The number of nitrogens with zero attached hydrogens (tertiary/aromatic N) is 2. The molecule has 2 atom stereocenters. The predicted octanol–water partition coefficient (Wildman–Crippen LogP) is 1.91. The molecule has 1 saturated carbocycles. The molecule has 1 heterocycles. The van der Waals surface area contributed by atoms with E-state index < -0.39 is 11.5 Å². The molecule has 0 saturated heterocycles. The van der Waals surface area contributed by atoms with E-state index in [0.717, 1.165) is 36.6 Å². The standard InChI is InChI=1S/C13H22N4O2S/c1-9(2)16-13(11(18)19)6-3-4-10(13)5-7-20-12-14-8-15-17-12/h8-10,16H,3-7H2,1-2H3,(H,18,19)(H,14,15,17). The molecular weight excluding hydrogens is 276 g/mol. The molecule has 1 aliphatic rings. The Morgan fingerprint density at radius 3 is 3.10 bits per heavy atom. The molecule has 1 aromatic heterocycles. The quantitative estimate of drug-likeness (QED) is 0.666. The minimum absolute atomic E-state index is 0.175. The molecule has 0 amide bonds. The second kappa shape index (κ2) is 6.58. The van der Waals surface area contributed by atoms with Crippen molar-refractivity contribution in [2.45, 2.75) is 56.3 Å². The molecule has 0 aromatic carbocycles. The van der Waals surface area contributed by atoms with Crippen molar-refractivity contribution >= 4 is 17.7 Å². The predicted molar refractivity (Wildman–Crippen MR) is 77.7 cm³/mol. The number of H-pyrrole nitrogens is 1. The molecule has 3 N–H and O–H groups in total. The van der Waals surface area contributed by atoms with Crippen LogP contribution in [0.25, 0.3) is 0 Å². The summed E-state index contributed by atoms with van der Waals surface area (Å²) >= 11 is 1.60. The van der Waals surface area contributed by atoms with Crippen LogP contribution in [-0.4, -0.2) is 43.6 Å². The molecule has 2 unspecified atom stereocenters. The van der Waals surface area contributed by atoms with E-state index in [1.165, 1.54) is 6.33 Å². The number of carboxylic acids is 1. The SMILES string of the molecule is CC(C)NC1(C(=O)O)CCCC1CCSc1ncn[nH]1. The van der Waals surface area contributed by atoms with Crippen LogP contribution in [0.4, 0.5) is 0 Å². The minimum atomic E-state index is -0.754. The highest BCUT2D eigenvalue weighted by Crippen LogP contribution is 2.39. The number of aliphatic carboxylic acids is 1. The highest BCUT2D eigenvalue weighted by atomic mass is 32.2. The fraction of sp³-hybridized carbons (Fsp3) is 0.769. The fourth-order valence-corrected chi connectivity index (χ4v) is 3.91. The molecular formula is C13H22N4O2S. The average molecular weight is 298 g/mol. The first kappa shape index (κ1) is 15.3. The second-order valence-corrected chi connectivity index (χ2v) is 6.68. The van der Waals surface area contributed by atoms with E-state index in [4.69, 9.17) is 0 Å². The van der Waals surface area contributed by atoms with E-state index in [9.17, 15) is 9.90 Å².